The third-order valence-corrected chi connectivity index (χ3v) is 4.36. The van der Waals surface area contributed by atoms with Crippen molar-refractivity contribution in [3.8, 4) is 0 Å². The van der Waals surface area contributed by atoms with E-state index in [0.717, 1.165) is 0 Å². The summed E-state index contributed by atoms with van der Waals surface area (Å²) in [5, 5.41) is 0. The van der Waals surface area contributed by atoms with Gasteiger partial charge in [0.25, 0.3) is 0 Å². The molecular weight excluding hydrogens is 304 g/mol. The maximum absolute atomic E-state index is 12.6. The van der Waals surface area contributed by atoms with Gasteiger partial charge in [0, 0.05) is 0 Å². The number of carbonyl (C=O) groups is 2. The molecule has 0 saturated carbocycles. The summed E-state index contributed by atoms with van der Waals surface area (Å²) in [7, 11) is 0. The normalized spacial score (nSPS) is 14.5. The number of hydrogen-bond acceptors (Lipinski definition) is 4. The van der Waals surface area contributed by atoms with E-state index in [0.29, 0.717) is 13.2 Å². The summed E-state index contributed by atoms with van der Waals surface area (Å²) < 4.78 is 10.9. The molecule has 0 saturated heterocycles. The Balaban J connectivity index is 5.08. The van der Waals surface area contributed by atoms with Crippen LogP contribution in [0, 0.1) is 28.1 Å². The quantitative estimate of drug-likeness (QED) is 0.620. The maximum Gasteiger partial charge on any atom is 0.310 e. The van der Waals surface area contributed by atoms with Gasteiger partial charge in [0.1, 0.15) is 0 Å². The van der Waals surface area contributed by atoms with Crippen molar-refractivity contribution in [3.63, 3.8) is 0 Å². The van der Waals surface area contributed by atoms with Crippen LogP contribution in [0.2, 0.25) is 0 Å². The van der Waals surface area contributed by atoms with Gasteiger partial charge < -0.3 is 9.47 Å². The molecule has 0 aliphatic rings. The number of rotatable bonds is 7. The highest BCUT2D eigenvalue weighted by Crippen LogP contribution is 2.38. The molecule has 0 amide bonds. The van der Waals surface area contributed by atoms with E-state index in [1.165, 1.54) is 0 Å². The molecule has 0 spiro atoms. The number of carbonyl (C=O) groups excluding carboxylic acids is 2. The highest BCUT2D eigenvalue weighted by Gasteiger charge is 2.41. The molecule has 0 aromatic rings. The monoisotopic (exact) mass is 342 g/mol. The molecule has 1 atom stereocenters. The van der Waals surface area contributed by atoms with Crippen molar-refractivity contribution < 1.29 is 19.1 Å². The van der Waals surface area contributed by atoms with E-state index in [2.05, 4.69) is 13.8 Å². The molecule has 4 heteroatoms. The molecule has 1 unspecified atom stereocenters. The molecule has 0 heterocycles. The molecule has 0 aliphatic heterocycles. The average molecular weight is 343 g/mol. The third-order valence-electron chi connectivity index (χ3n) is 4.36. The second-order valence-electron chi connectivity index (χ2n) is 10.1. The number of hydrogen-bond donors (Lipinski definition) is 0. The summed E-state index contributed by atoms with van der Waals surface area (Å²) in [5.41, 5.74) is -0.546. The lowest BCUT2D eigenvalue weighted by Gasteiger charge is -2.36. The van der Waals surface area contributed by atoms with Crippen LogP contribution in [0.15, 0.2) is 0 Å². The first-order valence-electron chi connectivity index (χ1n) is 8.88. The number of ether oxygens (including phenoxy) is 2. The van der Waals surface area contributed by atoms with Crippen LogP contribution < -0.4 is 0 Å². The fourth-order valence-electron chi connectivity index (χ4n) is 1.96. The molecule has 4 nitrogen and oxygen atoms in total. The van der Waals surface area contributed by atoms with Crippen LogP contribution in [0.5, 0.6) is 0 Å². The minimum atomic E-state index is -0.507. The van der Waals surface area contributed by atoms with Crippen LogP contribution in [-0.4, -0.2) is 25.2 Å². The van der Waals surface area contributed by atoms with Crippen LogP contribution >= 0.6 is 0 Å². The molecule has 0 aliphatic carbocycles. The summed E-state index contributed by atoms with van der Waals surface area (Å²) in [4.78, 5) is 24.9. The zero-order valence-corrected chi connectivity index (χ0v) is 17.4. The lowest BCUT2D eigenvalue weighted by molar-refractivity contribution is -0.163. The zero-order chi connectivity index (χ0) is 19.3. The van der Waals surface area contributed by atoms with Gasteiger partial charge in [0.15, 0.2) is 0 Å². The van der Waals surface area contributed by atoms with Crippen molar-refractivity contribution in [1.29, 1.82) is 0 Å². The van der Waals surface area contributed by atoms with E-state index in [-0.39, 0.29) is 40.5 Å². The van der Waals surface area contributed by atoms with Gasteiger partial charge in [-0.05, 0) is 22.2 Å². The maximum atomic E-state index is 12.6. The highest BCUT2D eigenvalue weighted by atomic mass is 16.5. The Bertz CT molecular complexity index is 422. The first kappa shape index (κ1) is 22.9. The topological polar surface area (TPSA) is 52.6 Å². The Morgan fingerprint density at radius 1 is 0.792 bits per heavy atom. The van der Waals surface area contributed by atoms with Gasteiger partial charge >= 0.3 is 11.9 Å². The molecule has 0 bridgehead atoms. The molecule has 0 aromatic carbocycles. The van der Waals surface area contributed by atoms with Gasteiger partial charge in [-0.3, -0.25) is 9.59 Å². The molecule has 142 valence electrons. The molecule has 0 aromatic heterocycles. The average Bonchev–Trinajstić information content (AvgIpc) is 2.37. The first-order valence-corrected chi connectivity index (χ1v) is 8.88. The largest absolute Gasteiger partial charge is 0.465 e. The molecular formula is C20H38O4. The van der Waals surface area contributed by atoms with E-state index in [9.17, 15) is 9.59 Å². The standard InChI is InChI=1S/C20H38O4/c1-14(2)20(9,10)15(17(22)24-13-19(6,7)8)11-16(21)23-12-18(3,4)5/h14-15H,11-13H2,1-10H3. The Morgan fingerprint density at radius 3 is 1.58 bits per heavy atom. The Hall–Kier alpha value is -1.06. The van der Waals surface area contributed by atoms with Crippen LogP contribution in [0.4, 0.5) is 0 Å². The van der Waals surface area contributed by atoms with E-state index in [4.69, 9.17) is 9.47 Å². The molecule has 24 heavy (non-hydrogen) atoms. The van der Waals surface area contributed by atoms with Crippen molar-refractivity contribution in [2.24, 2.45) is 28.1 Å². The second kappa shape index (κ2) is 8.35. The minimum Gasteiger partial charge on any atom is -0.465 e. The van der Waals surface area contributed by atoms with Gasteiger partial charge in [0.2, 0.25) is 0 Å². The zero-order valence-electron chi connectivity index (χ0n) is 17.4. The molecule has 0 fully saturated rings. The summed E-state index contributed by atoms with van der Waals surface area (Å²) >= 11 is 0. The van der Waals surface area contributed by atoms with Gasteiger partial charge in [-0.25, -0.2) is 0 Å². The SMILES string of the molecule is CC(C)C(C)(C)C(CC(=O)OCC(C)(C)C)C(=O)OCC(C)(C)C. The molecule has 0 radical (unpaired) electrons. The molecule has 0 N–H and O–H groups in total. The van der Waals surface area contributed by atoms with E-state index in [1.54, 1.807) is 0 Å². The summed E-state index contributed by atoms with van der Waals surface area (Å²) in [6.45, 7) is 20.9. The fourth-order valence-corrected chi connectivity index (χ4v) is 1.96. The lowest BCUT2D eigenvalue weighted by Crippen LogP contribution is -2.39. The van der Waals surface area contributed by atoms with Crippen LogP contribution in [0.25, 0.3) is 0 Å². The summed E-state index contributed by atoms with van der Waals surface area (Å²) in [6.07, 6.45) is 0.0598. The van der Waals surface area contributed by atoms with Gasteiger partial charge in [-0.1, -0.05) is 69.2 Å². The lowest BCUT2D eigenvalue weighted by atomic mass is 9.69. The van der Waals surface area contributed by atoms with Crippen LogP contribution in [0.1, 0.15) is 75.7 Å². The summed E-state index contributed by atoms with van der Waals surface area (Å²) in [6, 6.07) is 0. The van der Waals surface area contributed by atoms with Crippen molar-refractivity contribution in [1.82, 2.24) is 0 Å². The van der Waals surface area contributed by atoms with E-state index in [1.807, 2.05) is 55.4 Å². The van der Waals surface area contributed by atoms with E-state index < -0.39 is 5.92 Å². The third kappa shape index (κ3) is 8.70. The van der Waals surface area contributed by atoms with Gasteiger partial charge in [-0.2, -0.15) is 0 Å². The summed E-state index contributed by atoms with van der Waals surface area (Å²) in [5.74, 6) is -0.917. The predicted octanol–water partition coefficient (Wildman–Crippen LogP) is 4.85. The highest BCUT2D eigenvalue weighted by molar-refractivity contribution is 5.80. The van der Waals surface area contributed by atoms with Crippen molar-refractivity contribution in [3.05, 3.63) is 0 Å². The van der Waals surface area contributed by atoms with Crippen LogP contribution in [0.3, 0.4) is 0 Å². The van der Waals surface area contributed by atoms with Crippen molar-refractivity contribution in [2.75, 3.05) is 13.2 Å². The Kier molecular flexibility index (Phi) is 7.98. The number of esters is 2. The molecule has 0 rings (SSSR count). The minimum absolute atomic E-state index is 0.0598. The first-order chi connectivity index (χ1) is 10.6. The smallest absolute Gasteiger partial charge is 0.310 e. The van der Waals surface area contributed by atoms with Crippen molar-refractivity contribution >= 4 is 11.9 Å². The van der Waals surface area contributed by atoms with E-state index >= 15 is 0 Å². The predicted molar refractivity (Wildman–Crippen MR) is 97.6 cm³/mol. The second-order valence-corrected chi connectivity index (χ2v) is 10.1. The Labute approximate surface area is 148 Å². The fraction of sp³-hybridized carbons (Fsp3) is 0.900. The Morgan fingerprint density at radius 2 is 1.21 bits per heavy atom. The van der Waals surface area contributed by atoms with Crippen molar-refractivity contribution in [2.45, 2.75) is 75.7 Å². The van der Waals surface area contributed by atoms with Gasteiger partial charge in [-0.15, -0.1) is 0 Å². The van der Waals surface area contributed by atoms with Crippen LogP contribution in [-0.2, 0) is 19.1 Å². The van der Waals surface area contributed by atoms with Gasteiger partial charge in [0.05, 0.1) is 25.6 Å².